The summed E-state index contributed by atoms with van der Waals surface area (Å²) in [5.74, 6) is 0. The molecule has 0 radical (unpaired) electrons. The monoisotopic (exact) mass is 181 g/mol. The van der Waals surface area contributed by atoms with E-state index >= 15 is 0 Å². The first kappa shape index (κ1) is 8.72. The first-order valence-electron chi connectivity index (χ1n) is 4.64. The molecule has 0 amide bonds. The van der Waals surface area contributed by atoms with E-state index in [1.807, 2.05) is 17.9 Å². The molecule has 72 valence electrons. The van der Waals surface area contributed by atoms with Crippen LogP contribution in [0, 0.1) is 0 Å². The van der Waals surface area contributed by atoms with E-state index in [9.17, 15) is 0 Å². The maximum Gasteiger partial charge on any atom is 0.0643 e. The zero-order valence-corrected chi connectivity index (χ0v) is 7.86. The molecule has 1 aliphatic heterocycles. The SMILES string of the molecule is Cn1ccc(CCNC2COC2)n1. The van der Waals surface area contributed by atoms with Gasteiger partial charge in [-0.3, -0.25) is 4.68 Å². The molecule has 2 heterocycles. The Hall–Kier alpha value is -0.870. The molecule has 0 aliphatic carbocycles. The van der Waals surface area contributed by atoms with Crippen molar-refractivity contribution in [3.05, 3.63) is 18.0 Å². The lowest BCUT2D eigenvalue weighted by atomic mass is 10.2. The molecule has 1 fully saturated rings. The van der Waals surface area contributed by atoms with Crippen molar-refractivity contribution in [3.63, 3.8) is 0 Å². The van der Waals surface area contributed by atoms with E-state index in [-0.39, 0.29) is 0 Å². The Morgan fingerprint density at radius 2 is 2.54 bits per heavy atom. The molecule has 2 rings (SSSR count). The van der Waals surface area contributed by atoms with Gasteiger partial charge in [0, 0.05) is 26.2 Å². The van der Waals surface area contributed by atoms with Gasteiger partial charge in [0.1, 0.15) is 0 Å². The Kier molecular flexibility index (Phi) is 2.61. The van der Waals surface area contributed by atoms with Crippen LogP contribution >= 0.6 is 0 Å². The molecule has 0 unspecified atom stereocenters. The van der Waals surface area contributed by atoms with Crippen LogP contribution in [0.1, 0.15) is 5.69 Å². The zero-order chi connectivity index (χ0) is 9.10. The van der Waals surface area contributed by atoms with Gasteiger partial charge in [0.15, 0.2) is 0 Å². The maximum atomic E-state index is 5.06. The summed E-state index contributed by atoms with van der Waals surface area (Å²) in [7, 11) is 1.94. The van der Waals surface area contributed by atoms with E-state index < -0.39 is 0 Å². The van der Waals surface area contributed by atoms with Gasteiger partial charge in [-0.1, -0.05) is 0 Å². The number of nitrogens with zero attached hydrogens (tertiary/aromatic N) is 2. The van der Waals surface area contributed by atoms with Gasteiger partial charge in [-0.25, -0.2) is 0 Å². The van der Waals surface area contributed by atoms with Crippen LogP contribution in [-0.4, -0.2) is 35.6 Å². The molecule has 1 aromatic heterocycles. The minimum atomic E-state index is 0.573. The highest BCUT2D eigenvalue weighted by Gasteiger charge is 2.16. The standard InChI is InChI=1S/C9H15N3O/c1-12-5-3-8(11-12)2-4-10-9-6-13-7-9/h3,5,9-10H,2,4,6-7H2,1H3. The van der Waals surface area contributed by atoms with Crippen LogP contribution in [0.2, 0.25) is 0 Å². The third kappa shape index (κ3) is 2.29. The number of ether oxygens (including phenoxy) is 1. The summed E-state index contributed by atoms with van der Waals surface area (Å²) in [4.78, 5) is 0. The average molecular weight is 181 g/mol. The summed E-state index contributed by atoms with van der Waals surface area (Å²) < 4.78 is 6.89. The lowest BCUT2D eigenvalue weighted by Crippen LogP contribution is -2.46. The van der Waals surface area contributed by atoms with E-state index in [2.05, 4.69) is 16.5 Å². The van der Waals surface area contributed by atoms with Gasteiger partial charge in [0.25, 0.3) is 0 Å². The summed E-state index contributed by atoms with van der Waals surface area (Å²) >= 11 is 0. The van der Waals surface area contributed by atoms with Crippen LogP contribution in [-0.2, 0) is 18.2 Å². The summed E-state index contributed by atoms with van der Waals surface area (Å²) in [5.41, 5.74) is 1.15. The molecule has 1 aromatic rings. The zero-order valence-electron chi connectivity index (χ0n) is 7.86. The highest BCUT2D eigenvalue weighted by molar-refractivity contribution is 4.99. The molecule has 0 saturated carbocycles. The van der Waals surface area contributed by atoms with Gasteiger partial charge >= 0.3 is 0 Å². The predicted molar refractivity (Wildman–Crippen MR) is 49.5 cm³/mol. The molecular formula is C9H15N3O. The summed E-state index contributed by atoms with van der Waals surface area (Å²) in [5, 5.41) is 7.70. The van der Waals surface area contributed by atoms with Crippen LogP contribution in [0.5, 0.6) is 0 Å². The van der Waals surface area contributed by atoms with E-state index in [1.54, 1.807) is 0 Å². The fraction of sp³-hybridized carbons (Fsp3) is 0.667. The minimum absolute atomic E-state index is 0.573. The fourth-order valence-electron chi connectivity index (χ4n) is 1.35. The largest absolute Gasteiger partial charge is 0.378 e. The van der Waals surface area contributed by atoms with Crippen molar-refractivity contribution in [1.82, 2.24) is 15.1 Å². The second-order valence-corrected chi connectivity index (χ2v) is 3.42. The minimum Gasteiger partial charge on any atom is -0.378 e. The van der Waals surface area contributed by atoms with E-state index in [0.29, 0.717) is 6.04 Å². The van der Waals surface area contributed by atoms with Crippen molar-refractivity contribution >= 4 is 0 Å². The summed E-state index contributed by atoms with van der Waals surface area (Å²) in [6.07, 6.45) is 2.97. The van der Waals surface area contributed by atoms with Gasteiger partial charge < -0.3 is 10.1 Å². The number of hydrogen-bond donors (Lipinski definition) is 1. The van der Waals surface area contributed by atoms with Crippen LogP contribution in [0.15, 0.2) is 12.3 Å². The highest BCUT2D eigenvalue weighted by atomic mass is 16.5. The van der Waals surface area contributed by atoms with Crippen LogP contribution in [0.3, 0.4) is 0 Å². The first-order chi connectivity index (χ1) is 6.34. The molecule has 4 nitrogen and oxygen atoms in total. The van der Waals surface area contributed by atoms with Crippen molar-refractivity contribution < 1.29 is 4.74 Å². The van der Waals surface area contributed by atoms with Crippen LogP contribution in [0.4, 0.5) is 0 Å². The third-order valence-electron chi connectivity index (χ3n) is 2.22. The molecule has 0 atom stereocenters. The van der Waals surface area contributed by atoms with Gasteiger partial charge in [-0.2, -0.15) is 5.10 Å². The topological polar surface area (TPSA) is 39.1 Å². The quantitative estimate of drug-likeness (QED) is 0.708. The van der Waals surface area contributed by atoms with Crippen LogP contribution < -0.4 is 5.32 Å². The number of aryl methyl sites for hydroxylation is 1. The van der Waals surface area contributed by atoms with E-state index in [4.69, 9.17) is 4.74 Å². The Morgan fingerprint density at radius 1 is 1.69 bits per heavy atom. The van der Waals surface area contributed by atoms with Crippen molar-refractivity contribution in [2.24, 2.45) is 7.05 Å². The Bertz CT molecular complexity index is 268. The molecule has 1 aliphatic rings. The summed E-state index contributed by atoms with van der Waals surface area (Å²) in [6, 6.07) is 2.63. The second kappa shape index (κ2) is 3.89. The lowest BCUT2D eigenvalue weighted by molar-refractivity contribution is -0.00470. The molecule has 0 spiro atoms. The van der Waals surface area contributed by atoms with Gasteiger partial charge in [0.05, 0.1) is 24.9 Å². The van der Waals surface area contributed by atoms with Crippen molar-refractivity contribution in [2.45, 2.75) is 12.5 Å². The van der Waals surface area contributed by atoms with E-state index in [0.717, 1.165) is 31.9 Å². The molecule has 0 bridgehead atoms. The first-order valence-corrected chi connectivity index (χ1v) is 4.64. The Labute approximate surface area is 77.9 Å². The normalized spacial score (nSPS) is 17.3. The number of aromatic nitrogens is 2. The Balaban J connectivity index is 1.67. The maximum absolute atomic E-state index is 5.06. The molecule has 4 heteroatoms. The third-order valence-corrected chi connectivity index (χ3v) is 2.22. The van der Waals surface area contributed by atoms with Gasteiger partial charge in [-0.15, -0.1) is 0 Å². The van der Waals surface area contributed by atoms with E-state index in [1.165, 1.54) is 0 Å². The average Bonchev–Trinajstić information content (AvgIpc) is 2.42. The summed E-state index contributed by atoms with van der Waals surface area (Å²) in [6.45, 7) is 2.72. The Morgan fingerprint density at radius 3 is 3.08 bits per heavy atom. The molecule has 1 saturated heterocycles. The smallest absolute Gasteiger partial charge is 0.0643 e. The predicted octanol–water partition coefficient (Wildman–Crippen LogP) is -0.0490. The lowest BCUT2D eigenvalue weighted by Gasteiger charge is -2.26. The van der Waals surface area contributed by atoms with Crippen molar-refractivity contribution in [2.75, 3.05) is 19.8 Å². The van der Waals surface area contributed by atoms with Crippen molar-refractivity contribution in [1.29, 1.82) is 0 Å². The molecule has 0 aromatic carbocycles. The highest BCUT2D eigenvalue weighted by Crippen LogP contribution is 2.00. The number of nitrogens with one attached hydrogen (secondary N) is 1. The molecule has 1 N–H and O–H groups in total. The van der Waals surface area contributed by atoms with Gasteiger partial charge in [-0.05, 0) is 6.07 Å². The number of rotatable bonds is 4. The fourth-order valence-corrected chi connectivity index (χ4v) is 1.35. The van der Waals surface area contributed by atoms with Gasteiger partial charge in [0.2, 0.25) is 0 Å². The van der Waals surface area contributed by atoms with Crippen molar-refractivity contribution in [3.8, 4) is 0 Å². The number of hydrogen-bond acceptors (Lipinski definition) is 3. The molecule has 13 heavy (non-hydrogen) atoms. The molecular weight excluding hydrogens is 166 g/mol. The second-order valence-electron chi connectivity index (χ2n) is 3.42. The van der Waals surface area contributed by atoms with Crippen LogP contribution in [0.25, 0.3) is 0 Å².